The molecule has 1 N–H and O–H groups in total. The van der Waals surface area contributed by atoms with Gasteiger partial charge in [-0.15, -0.1) is 0 Å². The number of imidazole rings is 1. The summed E-state index contributed by atoms with van der Waals surface area (Å²) >= 11 is 0. The topological polar surface area (TPSA) is 98.0 Å². The molecule has 0 aliphatic rings. The summed E-state index contributed by atoms with van der Waals surface area (Å²) in [6, 6.07) is 12.8. The molecule has 2 amide bonds. The summed E-state index contributed by atoms with van der Waals surface area (Å²) in [6.07, 6.45) is 3.14. The van der Waals surface area contributed by atoms with Crippen molar-refractivity contribution in [2.24, 2.45) is 5.10 Å². The van der Waals surface area contributed by atoms with Crippen molar-refractivity contribution in [3.8, 4) is 11.5 Å². The second-order valence-corrected chi connectivity index (χ2v) is 6.87. The van der Waals surface area contributed by atoms with Crippen molar-refractivity contribution in [2.45, 2.75) is 13.5 Å². The van der Waals surface area contributed by atoms with Crippen LogP contribution in [0.3, 0.4) is 0 Å². The number of rotatable bonds is 9. The zero-order valence-corrected chi connectivity index (χ0v) is 17.7. The van der Waals surface area contributed by atoms with Crippen LogP contribution in [0.1, 0.15) is 12.5 Å². The Morgan fingerprint density at radius 1 is 1.16 bits per heavy atom. The van der Waals surface area contributed by atoms with Crippen molar-refractivity contribution >= 4 is 29.1 Å². The predicted octanol–water partition coefficient (Wildman–Crippen LogP) is 2.05. The van der Waals surface area contributed by atoms with Crippen molar-refractivity contribution in [3.63, 3.8) is 0 Å². The molecule has 162 valence electrons. The van der Waals surface area contributed by atoms with Crippen LogP contribution in [0.2, 0.25) is 0 Å². The molecule has 0 aliphatic carbocycles. The van der Waals surface area contributed by atoms with Gasteiger partial charge in [-0.2, -0.15) is 5.10 Å². The predicted molar refractivity (Wildman–Crippen MR) is 117 cm³/mol. The number of aromatic nitrogens is 2. The van der Waals surface area contributed by atoms with Gasteiger partial charge in [-0.3, -0.25) is 9.59 Å². The number of nitrogens with zero attached hydrogens (tertiary/aromatic N) is 4. The van der Waals surface area contributed by atoms with Gasteiger partial charge in [-0.25, -0.2) is 10.4 Å². The van der Waals surface area contributed by atoms with Gasteiger partial charge in [0, 0.05) is 14.1 Å². The SMILES string of the molecule is CCOc1cc(/C=N\NC(=O)Cn2cnc3ccccc32)ccc1OCC(=O)N(C)C. The van der Waals surface area contributed by atoms with E-state index < -0.39 is 0 Å². The lowest BCUT2D eigenvalue weighted by molar-refractivity contribution is -0.130. The van der Waals surface area contributed by atoms with Gasteiger partial charge in [0.25, 0.3) is 11.8 Å². The van der Waals surface area contributed by atoms with Crippen LogP contribution in [0, 0.1) is 0 Å². The van der Waals surface area contributed by atoms with E-state index in [0.717, 1.165) is 11.0 Å². The average molecular weight is 423 g/mol. The number of hydrogen-bond donors (Lipinski definition) is 1. The fourth-order valence-corrected chi connectivity index (χ4v) is 2.77. The molecule has 1 heterocycles. The maximum Gasteiger partial charge on any atom is 0.260 e. The van der Waals surface area contributed by atoms with Crippen LogP contribution in [0.25, 0.3) is 11.0 Å². The first-order chi connectivity index (χ1) is 15.0. The Bertz CT molecular complexity index is 1090. The number of amides is 2. The normalized spacial score (nSPS) is 10.9. The van der Waals surface area contributed by atoms with Crippen LogP contribution < -0.4 is 14.9 Å². The lowest BCUT2D eigenvalue weighted by Gasteiger charge is -2.14. The lowest BCUT2D eigenvalue weighted by atomic mass is 10.2. The van der Waals surface area contributed by atoms with Gasteiger partial charge in [0.2, 0.25) is 0 Å². The fraction of sp³-hybridized carbons (Fsp3) is 0.273. The molecule has 0 aliphatic heterocycles. The van der Waals surface area contributed by atoms with E-state index in [9.17, 15) is 9.59 Å². The zero-order chi connectivity index (χ0) is 22.2. The average Bonchev–Trinajstić information content (AvgIpc) is 3.16. The van der Waals surface area contributed by atoms with E-state index in [0.29, 0.717) is 23.7 Å². The first-order valence-electron chi connectivity index (χ1n) is 9.79. The first-order valence-corrected chi connectivity index (χ1v) is 9.79. The van der Waals surface area contributed by atoms with E-state index in [-0.39, 0.29) is 25.0 Å². The molecule has 9 heteroatoms. The molecule has 0 radical (unpaired) electrons. The van der Waals surface area contributed by atoms with Gasteiger partial charge >= 0.3 is 0 Å². The highest BCUT2D eigenvalue weighted by molar-refractivity contribution is 5.84. The molecule has 0 fully saturated rings. The van der Waals surface area contributed by atoms with Crippen molar-refractivity contribution in [2.75, 3.05) is 27.3 Å². The number of ether oxygens (including phenoxy) is 2. The van der Waals surface area contributed by atoms with Crippen LogP contribution in [0.5, 0.6) is 11.5 Å². The van der Waals surface area contributed by atoms with E-state index in [4.69, 9.17) is 9.47 Å². The van der Waals surface area contributed by atoms with E-state index >= 15 is 0 Å². The molecule has 1 aromatic heterocycles. The molecule has 0 atom stereocenters. The molecule has 0 bridgehead atoms. The Morgan fingerprint density at radius 2 is 1.97 bits per heavy atom. The van der Waals surface area contributed by atoms with E-state index in [1.165, 1.54) is 11.1 Å². The van der Waals surface area contributed by atoms with Crippen LogP contribution in [-0.4, -0.2) is 59.8 Å². The molecule has 0 saturated heterocycles. The van der Waals surface area contributed by atoms with Crippen molar-refractivity contribution in [3.05, 3.63) is 54.4 Å². The van der Waals surface area contributed by atoms with E-state index in [2.05, 4.69) is 15.5 Å². The molecule has 0 spiro atoms. The number of carbonyl (C=O) groups is 2. The molecule has 0 saturated carbocycles. The standard InChI is InChI=1S/C22H25N5O4/c1-4-30-20-11-16(9-10-19(20)31-14-22(29)26(2)3)12-24-25-21(28)13-27-15-23-17-7-5-6-8-18(17)27/h5-12,15H,4,13-14H2,1-3H3,(H,25,28)/b24-12-. The van der Waals surface area contributed by atoms with Crippen LogP contribution in [0.4, 0.5) is 0 Å². The highest BCUT2D eigenvalue weighted by Gasteiger charge is 2.10. The van der Waals surface area contributed by atoms with E-state index in [1.807, 2.05) is 31.2 Å². The summed E-state index contributed by atoms with van der Waals surface area (Å²) in [4.78, 5) is 29.7. The minimum atomic E-state index is -0.272. The number of hydrazone groups is 1. The van der Waals surface area contributed by atoms with Gasteiger partial charge in [-0.1, -0.05) is 12.1 Å². The number of benzene rings is 2. The molecule has 3 rings (SSSR count). The van der Waals surface area contributed by atoms with E-state index in [1.54, 1.807) is 43.2 Å². The lowest BCUT2D eigenvalue weighted by Crippen LogP contribution is -2.27. The fourth-order valence-electron chi connectivity index (χ4n) is 2.77. The number of nitrogens with one attached hydrogen (secondary N) is 1. The largest absolute Gasteiger partial charge is 0.490 e. The van der Waals surface area contributed by atoms with Crippen molar-refractivity contribution in [1.82, 2.24) is 19.9 Å². The summed E-state index contributed by atoms with van der Waals surface area (Å²) in [5.41, 5.74) is 4.93. The molecular formula is C22H25N5O4. The maximum absolute atomic E-state index is 12.2. The maximum atomic E-state index is 12.2. The monoisotopic (exact) mass is 423 g/mol. The Balaban J connectivity index is 1.61. The Morgan fingerprint density at radius 3 is 2.74 bits per heavy atom. The second kappa shape index (κ2) is 10.2. The minimum absolute atomic E-state index is 0.0838. The Kier molecular flexibility index (Phi) is 7.21. The third kappa shape index (κ3) is 5.81. The quantitative estimate of drug-likeness (QED) is 0.420. The van der Waals surface area contributed by atoms with Gasteiger partial charge < -0.3 is 18.9 Å². The van der Waals surface area contributed by atoms with Gasteiger partial charge in [0.15, 0.2) is 18.1 Å². The summed E-state index contributed by atoms with van der Waals surface area (Å²) < 4.78 is 12.9. The first kappa shape index (κ1) is 21.8. The second-order valence-electron chi connectivity index (χ2n) is 6.87. The summed E-state index contributed by atoms with van der Waals surface area (Å²) in [6.45, 7) is 2.32. The third-order valence-electron chi connectivity index (χ3n) is 4.36. The molecule has 3 aromatic rings. The summed E-state index contributed by atoms with van der Waals surface area (Å²) in [7, 11) is 3.33. The van der Waals surface area contributed by atoms with Crippen molar-refractivity contribution < 1.29 is 19.1 Å². The number of likely N-dealkylation sites (N-methyl/N-ethyl adjacent to an activating group) is 1. The smallest absolute Gasteiger partial charge is 0.260 e. The Hall–Kier alpha value is -3.88. The molecule has 0 unspecified atom stereocenters. The summed E-state index contributed by atoms with van der Waals surface area (Å²) in [5.74, 6) is 0.535. The third-order valence-corrected chi connectivity index (χ3v) is 4.36. The Labute approximate surface area is 180 Å². The number of para-hydroxylation sites is 2. The number of carbonyl (C=O) groups excluding carboxylic acids is 2. The number of hydrogen-bond acceptors (Lipinski definition) is 6. The van der Waals surface area contributed by atoms with Crippen LogP contribution >= 0.6 is 0 Å². The molecule has 9 nitrogen and oxygen atoms in total. The van der Waals surface area contributed by atoms with Gasteiger partial charge in [0.05, 0.1) is 30.2 Å². The molecular weight excluding hydrogens is 398 g/mol. The number of fused-ring (bicyclic) bond motifs is 1. The van der Waals surface area contributed by atoms with Crippen LogP contribution in [0.15, 0.2) is 53.9 Å². The van der Waals surface area contributed by atoms with Crippen LogP contribution in [-0.2, 0) is 16.1 Å². The minimum Gasteiger partial charge on any atom is -0.490 e. The molecule has 2 aromatic carbocycles. The zero-order valence-electron chi connectivity index (χ0n) is 17.7. The highest BCUT2D eigenvalue weighted by Crippen LogP contribution is 2.28. The highest BCUT2D eigenvalue weighted by atomic mass is 16.5. The molecule has 31 heavy (non-hydrogen) atoms. The van der Waals surface area contributed by atoms with Gasteiger partial charge in [0.1, 0.15) is 6.54 Å². The van der Waals surface area contributed by atoms with Crippen molar-refractivity contribution in [1.29, 1.82) is 0 Å². The van der Waals surface area contributed by atoms with Gasteiger partial charge in [-0.05, 0) is 42.8 Å². The summed E-state index contributed by atoms with van der Waals surface area (Å²) in [5, 5.41) is 4.02.